The van der Waals surface area contributed by atoms with Crippen LogP contribution >= 0.6 is 0 Å². The highest BCUT2D eigenvalue weighted by atomic mass is 16.3. The van der Waals surface area contributed by atoms with E-state index in [4.69, 9.17) is 19.9 Å². The number of nitrogens with one attached hydrogen (secondary N) is 3. The number of rotatable bonds is 11. The molecule has 0 bridgehead atoms. The van der Waals surface area contributed by atoms with E-state index in [9.17, 15) is 14.7 Å². The third kappa shape index (κ3) is 11.8. The first-order valence-corrected chi connectivity index (χ1v) is 21.8. The molecule has 5 N–H and O–H groups in total. The largest absolute Gasteiger partial charge is 0.395 e. The van der Waals surface area contributed by atoms with Crippen molar-refractivity contribution in [3.63, 3.8) is 0 Å². The normalized spacial score (nSPS) is 17.8. The standard InChI is InChI=1S/C23H32N4O2.C21H28N4O.C2H4O2.CH4/c1-17(18-8-4-2-5-9-18)24-23(29)21-20-16-26(14-15-28)12-13-27(20)22(25-21)19-10-6-3-7-11-19;1-15(16-8-4-2-5-9-16)23-21(26)19-18-14-22-12-13-25(18)20(24-19)17-10-6-3-7-11-17;3-1-2-4;/h3,6-7,10-11,17-18,28H,2,4-5,8-9,12-16H2,1H3,(H,24,29);3,6-7,10-11,15-16,22H,2,4-5,8-9,12-14H2,1H3,(H,23,26);1,4H,2H2;1H4/t17-;15-;;/m11../s1. The van der Waals surface area contributed by atoms with Gasteiger partial charge in [-0.1, -0.05) is 107 Å². The first kappa shape index (κ1) is 46.4. The number of hydrogen-bond acceptors (Lipinski definition) is 9. The lowest BCUT2D eigenvalue weighted by Gasteiger charge is -2.29. The second-order valence-electron chi connectivity index (χ2n) is 16.3. The molecule has 2 aliphatic carbocycles. The molecule has 60 heavy (non-hydrogen) atoms. The first-order valence-electron chi connectivity index (χ1n) is 21.8. The molecule has 4 aliphatic rings. The number of imidazole rings is 2. The SMILES string of the molecule is C.C[C@@H](NC(=O)c1nc(-c2ccccc2)n2c1CN(CCO)CC2)C1CCCCC1.C[C@@H](NC(=O)c1nc(-c2ccccc2)n2c1CNCC2)C1CCCCC1.O=CCO. The molecule has 2 atom stereocenters. The van der Waals surface area contributed by atoms with Gasteiger partial charge in [0, 0.05) is 69.0 Å². The van der Waals surface area contributed by atoms with Crippen molar-refractivity contribution in [3.05, 3.63) is 83.4 Å². The number of hydrogen-bond donors (Lipinski definition) is 5. The molecule has 4 heterocycles. The van der Waals surface area contributed by atoms with Crippen molar-refractivity contribution in [1.29, 1.82) is 0 Å². The number of amides is 2. The Balaban J connectivity index is 0.000000207. The fourth-order valence-electron chi connectivity index (χ4n) is 9.09. The summed E-state index contributed by atoms with van der Waals surface area (Å²) in [5, 5.41) is 26.7. The van der Waals surface area contributed by atoms with Crippen molar-refractivity contribution in [2.75, 3.05) is 32.8 Å². The Bertz CT molecular complexity index is 1940. The maximum Gasteiger partial charge on any atom is 0.272 e. The van der Waals surface area contributed by atoms with Crippen molar-refractivity contribution >= 4 is 18.1 Å². The number of nitrogens with zero attached hydrogens (tertiary/aromatic N) is 5. The highest BCUT2D eigenvalue weighted by Gasteiger charge is 2.31. The minimum Gasteiger partial charge on any atom is -0.395 e. The first-order chi connectivity index (χ1) is 28.8. The van der Waals surface area contributed by atoms with Crippen LogP contribution in [0.25, 0.3) is 22.8 Å². The Kier molecular flexibility index (Phi) is 18.0. The second kappa shape index (κ2) is 23.3. The van der Waals surface area contributed by atoms with Crippen LogP contribution in [0.4, 0.5) is 0 Å². The molecule has 8 rings (SSSR count). The summed E-state index contributed by atoms with van der Waals surface area (Å²) in [6.45, 7) is 9.37. The van der Waals surface area contributed by atoms with Crippen LogP contribution in [0.5, 0.6) is 0 Å². The third-order valence-electron chi connectivity index (χ3n) is 12.4. The van der Waals surface area contributed by atoms with Gasteiger partial charge in [0.15, 0.2) is 11.4 Å². The molecule has 13 heteroatoms. The van der Waals surface area contributed by atoms with Crippen LogP contribution in [-0.2, 0) is 31.0 Å². The van der Waals surface area contributed by atoms with E-state index in [1.807, 2.05) is 48.5 Å². The summed E-state index contributed by atoms with van der Waals surface area (Å²) >= 11 is 0. The lowest BCUT2D eigenvalue weighted by atomic mass is 9.84. The average molecular weight is 825 g/mol. The molecule has 2 aliphatic heterocycles. The van der Waals surface area contributed by atoms with E-state index in [1.165, 1.54) is 64.2 Å². The maximum atomic E-state index is 13.2. The topological polar surface area (TPSA) is 167 Å². The summed E-state index contributed by atoms with van der Waals surface area (Å²) in [6.07, 6.45) is 13.0. The number of carbonyl (C=O) groups is 3. The van der Waals surface area contributed by atoms with Gasteiger partial charge in [-0.05, 0) is 51.4 Å². The molecule has 4 aromatic rings. The van der Waals surface area contributed by atoms with Gasteiger partial charge >= 0.3 is 0 Å². The fourth-order valence-corrected chi connectivity index (χ4v) is 9.09. The minimum atomic E-state index is -0.361. The van der Waals surface area contributed by atoms with Crippen LogP contribution in [0.15, 0.2) is 60.7 Å². The minimum absolute atomic E-state index is 0. The van der Waals surface area contributed by atoms with Gasteiger partial charge in [-0.3, -0.25) is 14.5 Å². The molecule has 0 radical (unpaired) electrons. The fraction of sp³-hybridized carbons (Fsp3) is 0.553. The zero-order valence-corrected chi connectivity index (χ0v) is 35.0. The summed E-state index contributed by atoms with van der Waals surface area (Å²) in [6, 6.07) is 20.6. The second-order valence-corrected chi connectivity index (χ2v) is 16.3. The zero-order chi connectivity index (χ0) is 41.6. The number of fused-ring (bicyclic) bond motifs is 2. The van der Waals surface area contributed by atoms with Crippen molar-refractivity contribution in [1.82, 2.24) is 40.0 Å². The summed E-state index contributed by atoms with van der Waals surface area (Å²) in [7, 11) is 0. The molecule has 2 aromatic heterocycles. The van der Waals surface area contributed by atoms with Gasteiger partial charge in [-0.25, -0.2) is 9.97 Å². The van der Waals surface area contributed by atoms with Crippen molar-refractivity contribution in [2.45, 2.75) is 124 Å². The highest BCUT2D eigenvalue weighted by molar-refractivity contribution is 5.95. The number of carbonyl (C=O) groups excluding carboxylic acids is 3. The van der Waals surface area contributed by atoms with Crippen LogP contribution in [-0.4, -0.2) is 97.2 Å². The number of benzene rings is 2. The van der Waals surface area contributed by atoms with E-state index in [-0.39, 0.29) is 44.5 Å². The molecule has 2 fully saturated rings. The molecule has 13 nitrogen and oxygen atoms in total. The summed E-state index contributed by atoms with van der Waals surface area (Å²) < 4.78 is 4.38. The Labute approximate surface area is 356 Å². The third-order valence-corrected chi connectivity index (χ3v) is 12.4. The Morgan fingerprint density at radius 1 is 0.733 bits per heavy atom. The summed E-state index contributed by atoms with van der Waals surface area (Å²) in [5.41, 5.74) is 5.17. The Hall–Kier alpha value is -4.69. The van der Waals surface area contributed by atoms with Gasteiger partial charge in [0.2, 0.25) is 0 Å². The quantitative estimate of drug-likeness (QED) is 0.110. The van der Waals surface area contributed by atoms with Gasteiger partial charge in [-0.2, -0.15) is 0 Å². The molecule has 0 spiro atoms. The van der Waals surface area contributed by atoms with Gasteiger partial charge in [0.1, 0.15) is 17.9 Å². The van der Waals surface area contributed by atoms with E-state index < -0.39 is 0 Å². The maximum absolute atomic E-state index is 13.2. The number of aliphatic hydroxyl groups excluding tert-OH is 2. The molecule has 326 valence electrons. The molecule has 2 amide bonds. The molecular weight excluding hydrogens is 757 g/mol. The summed E-state index contributed by atoms with van der Waals surface area (Å²) in [5.74, 6) is 2.82. The van der Waals surface area contributed by atoms with Crippen molar-refractivity contribution in [3.8, 4) is 22.8 Å². The van der Waals surface area contributed by atoms with Crippen LogP contribution in [0.2, 0.25) is 0 Å². The number of aliphatic hydroxyl groups is 2. The van der Waals surface area contributed by atoms with E-state index >= 15 is 0 Å². The molecule has 2 aromatic carbocycles. The smallest absolute Gasteiger partial charge is 0.272 e. The van der Waals surface area contributed by atoms with Crippen LogP contribution in [0.3, 0.4) is 0 Å². The summed E-state index contributed by atoms with van der Waals surface area (Å²) in [4.78, 5) is 46.9. The predicted molar refractivity (Wildman–Crippen MR) is 236 cm³/mol. The van der Waals surface area contributed by atoms with Crippen LogP contribution in [0.1, 0.15) is 118 Å². The van der Waals surface area contributed by atoms with Gasteiger partial charge in [0.25, 0.3) is 11.8 Å². The van der Waals surface area contributed by atoms with Crippen molar-refractivity contribution < 1.29 is 24.6 Å². The Morgan fingerprint density at radius 2 is 1.20 bits per heavy atom. The number of aromatic nitrogens is 4. The monoisotopic (exact) mass is 825 g/mol. The van der Waals surface area contributed by atoms with E-state index in [0.717, 1.165) is 60.3 Å². The van der Waals surface area contributed by atoms with Gasteiger partial charge in [0.05, 0.1) is 24.6 Å². The van der Waals surface area contributed by atoms with Crippen LogP contribution < -0.4 is 16.0 Å². The number of β-amino-alcohol motifs (C(OH)–C–C–N with tert-alkyl or cyclic N) is 1. The van der Waals surface area contributed by atoms with Crippen LogP contribution in [0, 0.1) is 11.8 Å². The Morgan fingerprint density at radius 3 is 1.67 bits per heavy atom. The molecule has 0 saturated heterocycles. The van der Waals surface area contributed by atoms with E-state index in [0.29, 0.717) is 49.1 Å². The van der Waals surface area contributed by atoms with E-state index in [1.54, 1.807) is 0 Å². The highest BCUT2D eigenvalue weighted by Crippen LogP contribution is 2.30. The van der Waals surface area contributed by atoms with Gasteiger partial charge in [-0.15, -0.1) is 0 Å². The van der Waals surface area contributed by atoms with Gasteiger partial charge < -0.3 is 40.1 Å². The van der Waals surface area contributed by atoms with Crippen molar-refractivity contribution in [2.24, 2.45) is 11.8 Å². The zero-order valence-electron chi connectivity index (χ0n) is 35.0. The van der Waals surface area contributed by atoms with E-state index in [2.05, 4.69) is 56.0 Å². The molecule has 0 unspecified atom stereocenters. The molecular formula is C47H68N8O5. The lowest BCUT2D eigenvalue weighted by Crippen LogP contribution is -2.40. The number of aldehydes is 1. The lowest BCUT2D eigenvalue weighted by molar-refractivity contribution is -0.110. The average Bonchev–Trinajstić information content (AvgIpc) is 3.87. The predicted octanol–water partition coefficient (Wildman–Crippen LogP) is 6.22. The molecule has 2 saturated carbocycles.